The Morgan fingerprint density at radius 1 is 1.18 bits per heavy atom. The number of rotatable bonds is 7. The summed E-state index contributed by atoms with van der Waals surface area (Å²) in [6, 6.07) is 6.28. The fourth-order valence-electron chi connectivity index (χ4n) is 1.23. The lowest BCUT2D eigenvalue weighted by Gasteiger charge is -2.06. The van der Waals surface area contributed by atoms with E-state index in [0.29, 0.717) is 18.2 Å². The second kappa shape index (κ2) is 6.83. The Balaban J connectivity index is 2.62. The van der Waals surface area contributed by atoms with E-state index in [1.807, 2.05) is 0 Å². The summed E-state index contributed by atoms with van der Waals surface area (Å²) in [7, 11) is -1.76. The van der Waals surface area contributed by atoms with Crippen molar-refractivity contribution in [3.8, 4) is 5.75 Å². The van der Waals surface area contributed by atoms with Crippen LogP contribution in [0.1, 0.15) is 0 Å². The number of sulfone groups is 1. The summed E-state index contributed by atoms with van der Waals surface area (Å²) in [5, 5.41) is 0. The molecule has 0 aliphatic carbocycles. The lowest BCUT2D eigenvalue weighted by molar-refractivity contribution is 0.165. The van der Waals surface area contributed by atoms with Gasteiger partial charge in [-0.05, 0) is 24.3 Å². The molecule has 0 N–H and O–H groups in total. The SMILES string of the molecule is COc1ccc(S(=O)(=O)CCOCCCl)cc1. The van der Waals surface area contributed by atoms with E-state index in [1.165, 1.54) is 19.2 Å². The Labute approximate surface area is 106 Å². The van der Waals surface area contributed by atoms with Gasteiger partial charge in [-0.15, -0.1) is 11.6 Å². The smallest absolute Gasteiger partial charge is 0.180 e. The fourth-order valence-corrected chi connectivity index (χ4v) is 2.46. The van der Waals surface area contributed by atoms with Gasteiger partial charge in [-0.25, -0.2) is 8.42 Å². The largest absolute Gasteiger partial charge is 0.497 e. The predicted molar refractivity (Wildman–Crippen MR) is 66.6 cm³/mol. The van der Waals surface area contributed by atoms with Gasteiger partial charge >= 0.3 is 0 Å². The van der Waals surface area contributed by atoms with E-state index in [4.69, 9.17) is 21.1 Å². The van der Waals surface area contributed by atoms with Gasteiger partial charge in [-0.1, -0.05) is 0 Å². The van der Waals surface area contributed by atoms with Crippen LogP contribution < -0.4 is 4.74 Å². The van der Waals surface area contributed by atoms with Crippen molar-refractivity contribution in [2.75, 3.05) is 32.0 Å². The lowest BCUT2D eigenvalue weighted by Crippen LogP contribution is -2.13. The van der Waals surface area contributed by atoms with Gasteiger partial charge in [0.05, 0.1) is 31.0 Å². The van der Waals surface area contributed by atoms with Gasteiger partial charge in [0, 0.05) is 5.88 Å². The van der Waals surface area contributed by atoms with Crippen molar-refractivity contribution in [2.24, 2.45) is 0 Å². The molecule has 17 heavy (non-hydrogen) atoms. The van der Waals surface area contributed by atoms with E-state index in [9.17, 15) is 8.42 Å². The molecule has 0 aromatic heterocycles. The second-order valence-electron chi connectivity index (χ2n) is 3.30. The minimum atomic E-state index is -3.29. The highest BCUT2D eigenvalue weighted by Crippen LogP contribution is 2.16. The van der Waals surface area contributed by atoms with Crippen molar-refractivity contribution in [2.45, 2.75) is 4.90 Å². The van der Waals surface area contributed by atoms with Gasteiger partial charge in [0.25, 0.3) is 0 Å². The summed E-state index contributed by atoms with van der Waals surface area (Å²) in [4.78, 5) is 0.271. The summed E-state index contributed by atoms with van der Waals surface area (Å²) >= 11 is 5.41. The van der Waals surface area contributed by atoms with Crippen LogP contribution >= 0.6 is 11.6 Å². The molecule has 0 aliphatic rings. The Kier molecular flexibility index (Phi) is 5.74. The summed E-state index contributed by atoms with van der Waals surface area (Å²) in [5.74, 6) is 0.945. The van der Waals surface area contributed by atoms with Gasteiger partial charge in [-0.2, -0.15) is 0 Å². The molecule has 1 aromatic rings. The molecule has 0 saturated heterocycles. The molecule has 0 bridgehead atoms. The number of halogens is 1. The van der Waals surface area contributed by atoms with Crippen LogP contribution in [0.15, 0.2) is 29.2 Å². The molecule has 0 saturated carbocycles. The molecule has 0 atom stereocenters. The molecule has 0 fully saturated rings. The number of methoxy groups -OCH3 is 1. The van der Waals surface area contributed by atoms with E-state index < -0.39 is 9.84 Å². The normalized spacial score (nSPS) is 11.4. The maximum atomic E-state index is 11.8. The Morgan fingerprint density at radius 3 is 2.35 bits per heavy atom. The van der Waals surface area contributed by atoms with Crippen LogP contribution in [0.3, 0.4) is 0 Å². The zero-order valence-corrected chi connectivity index (χ0v) is 11.1. The van der Waals surface area contributed by atoms with Crippen LogP contribution in [0, 0.1) is 0 Å². The van der Waals surface area contributed by atoms with E-state index in [1.54, 1.807) is 12.1 Å². The summed E-state index contributed by atoms with van der Waals surface area (Å²) in [6.07, 6.45) is 0. The van der Waals surface area contributed by atoms with Crippen molar-refractivity contribution in [1.82, 2.24) is 0 Å². The van der Waals surface area contributed by atoms with Crippen LogP contribution in [-0.2, 0) is 14.6 Å². The topological polar surface area (TPSA) is 52.6 Å². The maximum absolute atomic E-state index is 11.8. The molecular weight excluding hydrogens is 264 g/mol. The minimum Gasteiger partial charge on any atom is -0.497 e. The summed E-state index contributed by atoms with van der Waals surface area (Å²) in [5.41, 5.74) is 0. The molecule has 96 valence electrons. The average molecular weight is 279 g/mol. The highest BCUT2D eigenvalue weighted by atomic mass is 35.5. The highest BCUT2D eigenvalue weighted by molar-refractivity contribution is 7.91. The standard InChI is InChI=1S/C11H15ClO4S/c1-15-10-2-4-11(5-3-10)17(13,14)9-8-16-7-6-12/h2-5H,6-9H2,1H3. The molecule has 4 nitrogen and oxygen atoms in total. The summed E-state index contributed by atoms with van der Waals surface area (Å²) < 4.78 is 33.7. The van der Waals surface area contributed by atoms with Crippen LogP contribution in [0.4, 0.5) is 0 Å². The van der Waals surface area contributed by atoms with Gasteiger partial charge in [0.1, 0.15) is 5.75 Å². The molecule has 1 rings (SSSR count). The minimum absolute atomic E-state index is 0.0454. The molecule has 0 spiro atoms. The number of hydrogen-bond donors (Lipinski definition) is 0. The highest BCUT2D eigenvalue weighted by Gasteiger charge is 2.13. The lowest BCUT2D eigenvalue weighted by atomic mass is 10.3. The van der Waals surface area contributed by atoms with Crippen LogP contribution in [0.25, 0.3) is 0 Å². The predicted octanol–water partition coefficient (Wildman–Crippen LogP) is 1.72. The van der Waals surface area contributed by atoms with Crippen molar-refractivity contribution >= 4 is 21.4 Å². The van der Waals surface area contributed by atoms with Crippen LogP contribution in [0.5, 0.6) is 5.75 Å². The molecular formula is C11H15ClO4S. The number of benzene rings is 1. The maximum Gasteiger partial charge on any atom is 0.180 e. The Hall–Kier alpha value is -0.780. The van der Waals surface area contributed by atoms with E-state index in [-0.39, 0.29) is 17.3 Å². The van der Waals surface area contributed by atoms with Crippen molar-refractivity contribution < 1.29 is 17.9 Å². The zero-order valence-electron chi connectivity index (χ0n) is 9.56. The molecule has 6 heteroatoms. The second-order valence-corrected chi connectivity index (χ2v) is 5.78. The first-order chi connectivity index (χ1) is 8.10. The van der Waals surface area contributed by atoms with E-state index in [0.717, 1.165) is 0 Å². The monoisotopic (exact) mass is 278 g/mol. The molecule has 0 aliphatic heterocycles. The third kappa shape index (κ3) is 4.53. The molecule has 0 radical (unpaired) electrons. The van der Waals surface area contributed by atoms with Crippen molar-refractivity contribution in [3.63, 3.8) is 0 Å². The molecule has 0 unspecified atom stereocenters. The van der Waals surface area contributed by atoms with Crippen LogP contribution in [0.2, 0.25) is 0 Å². The number of ether oxygens (including phenoxy) is 2. The number of alkyl halides is 1. The first-order valence-electron chi connectivity index (χ1n) is 5.10. The first kappa shape index (κ1) is 14.3. The van der Waals surface area contributed by atoms with Gasteiger partial charge < -0.3 is 9.47 Å². The summed E-state index contributed by atoms with van der Waals surface area (Å²) in [6.45, 7) is 0.515. The Bertz CT molecular complexity index is 427. The van der Waals surface area contributed by atoms with Gasteiger partial charge in [0.15, 0.2) is 9.84 Å². The van der Waals surface area contributed by atoms with Crippen LogP contribution in [-0.4, -0.2) is 40.4 Å². The fraction of sp³-hybridized carbons (Fsp3) is 0.455. The molecule has 0 amide bonds. The van der Waals surface area contributed by atoms with Crippen molar-refractivity contribution in [1.29, 1.82) is 0 Å². The number of hydrogen-bond acceptors (Lipinski definition) is 4. The molecule has 1 aromatic carbocycles. The third-order valence-electron chi connectivity index (χ3n) is 2.14. The van der Waals surface area contributed by atoms with E-state index in [2.05, 4.69) is 0 Å². The molecule has 0 heterocycles. The quantitative estimate of drug-likeness (QED) is 0.563. The first-order valence-corrected chi connectivity index (χ1v) is 7.29. The van der Waals surface area contributed by atoms with Gasteiger partial charge in [0.2, 0.25) is 0 Å². The third-order valence-corrected chi connectivity index (χ3v) is 3.99. The van der Waals surface area contributed by atoms with Gasteiger partial charge in [-0.3, -0.25) is 0 Å². The van der Waals surface area contributed by atoms with E-state index >= 15 is 0 Å². The zero-order chi connectivity index (χ0) is 12.7. The Morgan fingerprint density at radius 2 is 1.82 bits per heavy atom. The average Bonchev–Trinajstić information content (AvgIpc) is 2.35. The van der Waals surface area contributed by atoms with Crippen molar-refractivity contribution in [3.05, 3.63) is 24.3 Å².